The molecule has 0 radical (unpaired) electrons. The largest absolute Gasteiger partial charge is 0.353 e. The summed E-state index contributed by atoms with van der Waals surface area (Å²) < 4.78 is 1.67. The molecule has 120 valence electrons. The number of carbonyl (C=O) groups excluding carboxylic acids is 2. The van der Waals surface area contributed by atoms with Crippen molar-refractivity contribution in [3.05, 3.63) is 53.3 Å². The van der Waals surface area contributed by atoms with Gasteiger partial charge in [0, 0.05) is 32.3 Å². The number of nitrogens with one attached hydrogen (secondary N) is 1. The zero-order chi connectivity index (χ0) is 16.4. The van der Waals surface area contributed by atoms with E-state index < -0.39 is 6.04 Å². The van der Waals surface area contributed by atoms with Crippen molar-refractivity contribution < 1.29 is 9.59 Å². The van der Waals surface area contributed by atoms with E-state index in [-0.39, 0.29) is 11.8 Å². The van der Waals surface area contributed by atoms with Crippen molar-refractivity contribution in [1.82, 2.24) is 20.0 Å². The van der Waals surface area contributed by atoms with Gasteiger partial charge in [-0.3, -0.25) is 14.3 Å². The molecule has 1 saturated heterocycles. The van der Waals surface area contributed by atoms with Crippen molar-refractivity contribution >= 4 is 11.8 Å². The van der Waals surface area contributed by atoms with Crippen molar-refractivity contribution in [2.45, 2.75) is 19.4 Å². The Balaban J connectivity index is 1.87. The second-order valence-electron chi connectivity index (χ2n) is 5.76. The zero-order valence-electron chi connectivity index (χ0n) is 13.3. The van der Waals surface area contributed by atoms with Crippen LogP contribution in [0.2, 0.25) is 0 Å². The Morgan fingerprint density at radius 1 is 1.35 bits per heavy atom. The summed E-state index contributed by atoms with van der Waals surface area (Å²) in [6.45, 7) is 2.85. The standard InChI is InChI=1S/C17H20N4O2/c1-12-14(11-19-20(12)2)17(23)21-9-8-18-16(22)15(21)10-13-6-4-3-5-7-13/h3-7,11,15H,8-10H2,1-2H3,(H,18,22). The molecule has 0 bridgehead atoms. The fourth-order valence-electron chi connectivity index (χ4n) is 2.86. The van der Waals surface area contributed by atoms with Crippen LogP contribution in [0.25, 0.3) is 0 Å². The summed E-state index contributed by atoms with van der Waals surface area (Å²) in [5, 5.41) is 6.98. The maximum atomic E-state index is 12.9. The summed E-state index contributed by atoms with van der Waals surface area (Å²) in [5.41, 5.74) is 2.40. The molecular formula is C17H20N4O2. The molecule has 1 N–H and O–H groups in total. The lowest BCUT2D eigenvalue weighted by Gasteiger charge is -2.35. The Morgan fingerprint density at radius 3 is 2.74 bits per heavy atom. The Bertz CT molecular complexity index is 723. The minimum Gasteiger partial charge on any atom is -0.353 e. The van der Waals surface area contributed by atoms with Gasteiger partial charge in [0.15, 0.2) is 0 Å². The van der Waals surface area contributed by atoms with Gasteiger partial charge in [0.2, 0.25) is 5.91 Å². The smallest absolute Gasteiger partial charge is 0.258 e. The van der Waals surface area contributed by atoms with Crippen LogP contribution in [-0.4, -0.2) is 45.6 Å². The molecule has 0 aliphatic carbocycles. The van der Waals surface area contributed by atoms with E-state index in [4.69, 9.17) is 0 Å². The maximum Gasteiger partial charge on any atom is 0.258 e. The van der Waals surface area contributed by atoms with E-state index in [9.17, 15) is 9.59 Å². The normalized spacial score (nSPS) is 17.9. The molecule has 1 unspecified atom stereocenters. The molecule has 6 heteroatoms. The van der Waals surface area contributed by atoms with Gasteiger partial charge in [-0.2, -0.15) is 5.10 Å². The third-order valence-electron chi connectivity index (χ3n) is 4.33. The Kier molecular flexibility index (Phi) is 4.14. The number of aryl methyl sites for hydroxylation is 1. The number of rotatable bonds is 3. The van der Waals surface area contributed by atoms with Gasteiger partial charge in [-0.05, 0) is 12.5 Å². The van der Waals surface area contributed by atoms with Crippen molar-refractivity contribution in [2.24, 2.45) is 7.05 Å². The highest BCUT2D eigenvalue weighted by molar-refractivity contribution is 5.98. The minimum absolute atomic E-state index is 0.102. The first-order chi connectivity index (χ1) is 11.1. The first-order valence-corrected chi connectivity index (χ1v) is 7.69. The summed E-state index contributed by atoms with van der Waals surface area (Å²) in [7, 11) is 1.80. The lowest BCUT2D eigenvalue weighted by molar-refractivity contribution is -0.127. The number of hydrogen-bond donors (Lipinski definition) is 1. The van der Waals surface area contributed by atoms with Crippen molar-refractivity contribution in [3.63, 3.8) is 0 Å². The summed E-state index contributed by atoms with van der Waals surface area (Å²) in [5.74, 6) is -0.235. The minimum atomic E-state index is -0.488. The summed E-state index contributed by atoms with van der Waals surface area (Å²) in [4.78, 5) is 26.8. The van der Waals surface area contributed by atoms with Crippen LogP contribution in [0.5, 0.6) is 0 Å². The van der Waals surface area contributed by atoms with Gasteiger partial charge in [0.25, 0.3) is 5.91 Å². The number of nitrogens with zero attached hydrogens (tertiary/aromatic N) is 3. The van der Waals surface area contributed by atoms with E-state index >= 15 is 0 Å². The van der Waals surface area contributed by atoms with Crippen LogP contribution >= 0.6 is 0 Å². The van der Waals surface area contributed by atoms with Crippen LogP contribution in [0.1, 0.15) is 21.6 Å². The highest BCUT2D eigenvalue weighted by atomic mass is 16.2. The fraction of sp³-hybridized carbons (Fsp3) is 0.353. The predicted molar refractivity (Wildman–Crippen MR) is 85.9 cm³/mol. The predicted octanol–water partition coefficient (Wildman–Crippen LogP) is 0.912. The Hall–Kier alpha value is -2.63. The van der Waals surface area contributed by atoms with E-state index in [1.54, 1.807) is 22.8 Å². The first kappa shape index (κ1) is 15.3. The lowest BCUT2D eigenvalue weighted by atomic mass is 10.0. The monoisotopic (exact) mass is 312 g/mol. The van der Waals surface area contributed by atoms with Crippen LogP contribution in [0, 0.1) is 6.92 Å². The van der Waals surface area contributed by atoms with E-state index in [0.29, 0.717) is 25.1 Å². The topological polar surface area (TPSA) is 67.2 Å². The fourth-order valence-corrected chi connectivity index (χ4v) is 2.86. The van der Waals surface area contributed by atoms with E-state index in [0.717, 1.165) is 11.3 Å². The SMILES string of the molecule is Cc1c(C(=O)N2CCNC(=O)C2Cc2ccccc2)cnn1C. The highest BCUT2D eigenvalue weighted by Crippen LogP contribution is 2.17. The number of aromatic nitrogens is 2. The average molecular weight is 312 g/mol. The molecule has 1 atom stereocenters. The quantitative estimate of drug-likeness (QED) is 0.916. The van der Waals surface area contributed by atoms with Gasteiger partial charge in [-0.15, -0.1) is 0 Å². The molecular weight excluding hydrogens is 292 g/mol. The Morgan fingerprint density at radius 2 is 2.09 bits per heavy atom. The van der Waals surface area contributed by atoms with Crippen LogP contribution in [-0.2, 0) is 18.3 Å². The van der Waals surface area contributed by atoms with Crippen LogP contribution in [0.15, 0.2) is 36.5 Å². The molecule has 0 saturated carbocycles. The average Bonchev–Trinajstić information content (AvgIpc) is 2.89. The van der Waals surface area contributed by atoms with E-state index in [1.165, 1.54) is 0 Å². The summed E-state index contributed by atoms with van der Waals surface area (Å²) in [6, 6.07) is 9.27. The second kappa shape index (κ2) is 6.24. The van der Waals surface area contributed by atoms with Crippen molar-refractivity contribution in [1.29, 1.82) is 0 Å². The molecule has 3 rings (SSSR count). The molecule has 1 aromatic heterocycles. The summed E-state index contributed by atoms with van der Waals surface area (Å²) in [6.07, 6.45) is 2.08. The van der Waals surface area contributed by atoms with E-state index in [2.05, 4.69) is 10.4 Å². The molecule has 1 aromatic carbocycles. The van der Waals surface area contributed by atoms with Crippen LogP contribution in [0.4, 0.5) is 0 Å². The Labute approximate surface area is 135 Å². The number of carbonyl (C=O) groups is 2. The first-order valence-electron chi connectivity index (χ1n) is 7.69. The van der Waals surface area contributed by atoms with Gasteiger partial charge in [0.05, 0.1) is 11.8 Å². The second-order valence-corrected chi connectivity index (χ2v) is 5.76. The number of piperazine rings is 1. The molecule has 1 fully saturated rings. The third-order valence-corrected chi connectivity index (χ3v) is 4.33. The molecule has 6 nitrogen and oxygen atoms in total. The van der Waals surface area contributed by atoms with Crippen LogP contribution in [0.3, 0.4) is 0 Å². The maximum absolute atomic E-state index is 12.9. The van der Waals surface area contributed by atoms with Crippen LogP contribution < -0.4 is 5.32 Å². The summed E-state index contributed by atoms with van der Waals surface area (Å²) >= 11 is 0. The van der Waals surface area contributed by atoms with Gasteiger partial charge < -0.3 is 10.2 Å². The highest BCUT2D eigenvalue weighted by Gasteiger charge is 2.34. The lowest BCUT2D eigenvalue weighted by Crippen LogP contribution is -2.58. The molecule has 2 heterocycles. The van der Waals surface area contributed by atoms with Gasteiger partial charge in [-0.1, -0.05) is 30.3 Å². The number of hydrogen-bond acceptors (Lipinski definition) is 3. The molecule has 1 aliphatic rings. The molecule has 2 amide bonds. The zero-order valence-corrected chi connectivity index (χ0v) is 13.3. The molecule has 0 spiro atoms. The number of amides is 2. The van der Waals surface area contributed by atoms with Crippen molar-refractivity contribution in [3.8, 4) is 0 Å². The van der Waals surface area contributed by atoms with E-state index in [1.807, 2.05) is 37.3 Å². The molecule has 23 heavy (non-hydrogen) atoms. The third kappa shape index (κ3) is 2.97. The molecule has 2 aromatic rings. The van der Waals surface area contributed by atoms with Crippen molar-refractivity contribution in [2.75, 3.05) is 13.1 Å². The van der Waals surface area contributed by atoms with Gasteiger partial charge >= 0.3 is 0 Å². The molecule has 1 aliphatic heterocycles. The van der Waals surface area contributed by atoms with Gasteiger partial charge in [0.1, 0.15) is 6.04 Å². The van der Waals surface area contributed by atoms with Gasteiger partial charge in [-0.25, -0.2) is 0 Å². The number of benzene rings is 1.